The molecule has 3 atom stereocenters. The lowest BCUT2D eigenvalue weighted by atomic mass is 9.81. The Morgan fingerprint density at radius 2 is 2.32 bits per heavy atom. The largest absolute Gasteiger partial charge is 0.378 e. The molecule has 0 radical (unpaired) electrons. The highest BCUT2D eigenvalue weighted by Crippen LogP contribution is 2.37. The Bertz CT molecular complexity index is 397. The van der Waals surface area contributed by atoms with Gasteiger partial charge in [0, 0.05) is 23.4 Å². The minimum absolute atomic E-state index is 0.343. The normalized spacial score (nSPS) is 28.3. The molecule has 106 valence electrons. The van der Waals surface area contributed by atoms with Crippen LogP contribution in [0.15, 0.2) is 11.4 Å². The molecule has 0 bridgehead atoms. The van der Waals surface area contributed by atoms with Gasteiger partial charge in [-0.2, -0.15) is 0 Å². The van der Waals surface area contributed by atoms with Gasteiger partial charge in [-0.05, 0) is 68.4 Å². The summed E-state index contributed by atoms with van der Waals surface area (Å²) in [6, 6.07) is 2.65. The molecular formula is C16H25NOS. The van der Waals surface area contributed by atoms with Crippen LogP contribution in [0, 0.1) is 0 Å². The second kappa shape index (κ2) is 6.38. The quantitative estimate of drug-likeness (QED) is 0.888. The van der Waals surface area contributed by atoms with Crippen molar-refractivity contribution >= 4 is 11.3 Å². The first-order chi connectivity index (χ1) is 9.34. The molecule has 2 heterocycles. The number of fused-ring (bicyclic) bond motifs is 1. The van der Waals surface area contributed by atoms with Gasteiger partial charge in [0.2, 0.25) is 0 Å². The van der Waals surface area contributed by atoms with Crippen molar-refractivity contribution in [3.05, 3.63) is 21.9 Å². The highest BCUT2D eigenvalue weighted by Gasteiger charge is 2.26. The van der Waals surface area contributed by atoms with E-state index >= 15 is 0 Å². The Morgan fingerprint density at radius 1 is 1.37 bits per heavy atom. The van der Waals surface area contributed by atoms with E-state index in [4.69, 9.17) is 10.5 Å². The van der Waals surface area contributed by atoms with Crippen molar-refractivity contribution < 1.29 is 4.74 Å². The van der Waals surface area contributed by atoms with Gasteiger partial charge in [0.15, 0.2) is 0 Å². The summed E-state index contributed by atoms with van der Waals surface area (Å²) < 4.78 is 5.68. The summed E-state index contributed by atoms with van der Waals surface area (Å²) in [7, 11) is 0. The molecule has 2 N–H and O–H groups in total. The molecule has 0 aromatic carbocycles. The number of nitrogens with two attached hydrogens (primary N) is 1. The molecule has 1 aromatic heterocycles. The van der Waals surface area contributed by atoms with Crippen LogP contribution in [0.5, 0.6) is 0 Å². The van der Waals surface area contributed by atoms with Gasteiger partial charge in [0.25, 0.3) is 0 Å². The van der Waals surface area contributed by atoms with E-state index in [1.165, 1.54) is 44.9 Å². The standard InChI is InChI=1S/C16H25NOS/c17-15(7-1-4-12-5-3-10-18-12)13-6-2-8-16-14(13)9-11-19-16/h9,11-13,15H,1-8,10,17H2. The third-order valence-electron chi connectivity index (χ3n) is 4.70. The highest BCUT2D eigenvalue weighted by molar-refractivity contribution is 7.10. The zero-order valence-corrected chi connectivity index (χ0v) is 12.5. The maximum Gasteiger partial charge on any atom is 0.0576 e. The molecular weight excluding hydrogens is 254 g/mol. The predicted molar refractivity (Wildman–Crippen MR) is 80.8 cm³/mol. The molecule has 1 aliphatic heterocycles. The molecule has 3 unspecified atom stereocenters. The molecule has 0 amide bonds. The summed E-state index contributed by atoms with van der Waals surface area (Å²) in [6.07, 6.45) is 10.5. The lowest BCUT2D eigenvalue weighted by Crippen LogP contribution is -2.30. The first-order valence-corrected chi connectivity index (χ1v) is 8.66. The van der Waals surface area contributed by atoms with Gasteiger partial charge >= 0.3 is 0 Å². The third-order valence-corrected chi connectivity index (χ3v) is 5.70. The minimum atomic E-state index is 0.343. The smallest absolute Gasteiger partial charge is 0.0576 e. The van der Waals surface area contributed by atoms with Crippen molar-refractivity contribution in [3.8, 4) is 0 Å². The molecule has 2 nitrogen and oxygen atoms in total. The Hall–Kier alpha value is -0.380. The molecule has 1 fully saturated rings. The summed E-state index contributed by atoms with van der Waals surface area (Å²) in [5.74, 6) is 0.611. The fraction of sp³-hybridized carbons (Fsp3) is 0.750. The van der Waals surface area contributed by atoms with Crippen LogP contribution < -0.4 is 5.73 Å². The molecule has 3 heteroatoms. The summed E-state index contributed by atoms with van der Waals surface area (Å²) >= 11 is 1.92. The van der Waals surface area contributed by atoms with Crippen molar-refractivity contribution in [3.63, 3.8) is 0 Å². The van der Waals surface area contributed by atoms with Crippen molar-refractivity contribution in [2.45, 2.75) is 69.4 Å². The lowest BCUT2D eigenvalue weighted by Gasteiger charge is -2.28. The first-order valence-electron chi connectivity index (χ1n) is 7.78. The van der Waals surface area contributed by atoms with Crippen LogP contribution in [0.2, 0.25) is 0 Å². The van der Waals surface area contributed by atoms with Gasteiger partial charge in [-0.1, -0.05) is 0 Å². The number of ether oxygens (including phenoxy) is 1. The summed E-state index contributed by atoms with van der Waals surface area (Å²) in [6.45, 7) is 0.970. The van der Waals surface area contributed by atoms with E-state index in [-0.39, 0.29) is 0 Å². The Balaban J connectivity index is 1.49. The fourth-order valence-electron chi connectivity index (χ4n) is 3.62. The molecule has 0 saturated carbocycles. The van der Waals surface area contributed by atoms with Crippen molar-refractivity contribution in [2.24, 2.45) is 5.73 Å². The van der Waals surface area contributed by atoms with Gasteiger partial charge < -0.3 is 10.5 Å². The fourth-order valence-corrected chi connectivity index (χ4v) is 4.62. The van der Waals surface area contributed by atoms with Crippen molar-refractivity contribution in [1.29, 1.82) is 0 Å². The molecule has 2 aliphatic rings. The molecule has 0 spiro atoms. The number of aryl methyl sites for hydroxylation is 1. The van der Waals surface area contributed by atoms with Crippen LogP contribution in [0.1, 0.15) is 61.3 Å². The molecule has 1 aromatic rings. The van der Waals surface area contributed by atoms with Gasteiger partial charge in [-0.25, -0.2) is 0 Å². The van der Waals surface area contributed by atoms with Crippen LogP contribution in [0.4, 0.5) is 0 Å². The Kier molecular flexibility index (Phi) is 4.57. The minimum Gasteiger partial charge on any atom is -0.378 e. The third kappa shape index (κ3) is 3.21. The summed E-state index contributed by atoms with van der Waals surface area (Å²) in [4.78, 5) is 1.59. The van der Waals surface area contributed by atoms with E-state index in [9.17, 15) is 0 Å². The van der Waals surface area contributed by atoms with Crippen LogP contribution in [-0.4, -0.2) is 18.8 Å². The monoisotopic (exact) mass is 279 g/mol. The van der Waals surface area contributed by atoms with Crippen molar-refractivity contribution in [2.75, 3.05) is 6.61 Å². The second-order valence-electron chi connectivity index (χ2n) is 6.03. The molecule has 1 saturated heterocycles. The van der Waals surface area contributed by atoms with Crippen LogP contribution in [0.3, 0.4) is 0 Å². The number of thiophene rings is 1. The topological polar surface area (TPSA) is 35.2 Å². The molecule has 3 rings (SSSR count). The maximum atomic E-state index is 6.47. The average Bonchev–Trinajstić information content (AvgIpc) is 3.08. The zero-order chi connectivity index (χ0) is 13.1. The van der Waals surface area contributed by atoms with Crippen LogP contribution >= 0.6 is 11.3 Å². The van der Waals surface area contributed by atoms with E-state index in [0.717, 1.165) is 13.0 Å². The highest BCUT2D eigenvalue weighted by atomic mass is 32.1. The summed E-state index contributed by atoms with van der Waals surface area (Å²) in [5.41, 5.74) is 8.03. The van der Waals surface area contributed by atoms with Gasteiger partial charge in [0.05, 0.1) is 6.10 Å². The van der Waals surface area contributed by atoms with E-state index in [1.54, 1.807) is 10.4 Å². The second-order valence-corrected chi connectivity index (χ2v) is 7.03. The van der Waals surface area contributed by atoms with E-state index in [2.05, 4.69) is 11.4 Å². The number of hydrogen-bond donors (Lipinski definition) is 1. The predicted octanol–water partition coefficient (Wildman–Crippen LogP) is 3.84. The van der Waals surface area contributed by atoms with Gasteiger partial charge in [-0.15, -0.1) is 11.3 Å². The van der Waals surface area contributed by atoms with Crippen LogP contribution in [-0.2, 0) is 11.2 Å². The van der Waals surface area contributed by atoms with E-state index in [1.807, 2.05) is 11.3 Å². The van der Waals surface area contributed by atoms with Gasteiger partial charge in [-0.3, -0.25) is 0 Å². The SMILES string of the molecule is NC(CCCC1CCCO1)C1CCCc2sccc21. The Labute approximate surface area is 120 Å². The van der Waals surface area contributed by atoms with E-state index in [0.29, 0.717) is 18.1 Å². The average molecular weight is 279 g/mol. The van der Waals surface area contributed by atoms with E-state index < -0.39 is 0 Å². The maximum absolute atomic E-state index is 6.47. The zero-order valence-electron chi connectivity index (χ0n) is 11.6. The Morgan fingerprint density at radius 3 is 3.16 bits per heavy atom. The lowest BCUT2D eigenvalue weighted by molar-refractivity contribution is 0.101. The number of rotatable bonds is 5. The number of hydrogen-bond acceptors (Lipinski definition) is 3. The van der Waals surface area contributed by atoms with Crippen LogP contribution in [0.25, 0.3) is 0 Å². The molecule has 1 aliphatic carbocycles. The first kappa shape index (κ1) is 13.6. The van der Waals surface area contributed by atoms with Crippen molar-refractivity contribution in [1.82, 2.24) is 0 Å². The molecule has 19 heavy (non-hydrogen) atoms. The van der Waals surface area contributed by atoms with Gasteiger partial charge in [0.1, 0.15) is 0 Å². The summed E-state index contributed by atoms with van der Waals surface area (Å²) in [5, 5.41) is 2.24.